The van der Waals surface area contributed by atoms with Gasteiger partial charge < -0.3 is 20.1 Å². The van der Waals surface area contributed by atoms with Crippen LogP contribution < -0.4 is 5.32 Å². The van der Waals surface area contributed by atoms with Crippen molar-refractivity contribution in [2.24, 2.45) is 5.41 Å². The molecule has 23 heavy (non-hydrogen) atoms. The molecule has 1 fully saturated rings. The van der Waals surface area contributed by atoms with Gasteiger partial charge in [0.2, 0.25) is 0 Å². The number of fused-ring (bicyclic) bond motifs is 1. The third-order valence-corrected chi connectivity index (χ3v) is 5.25. The first-order chi connectivity index (χ1) is 10.9. The van der Waals surface area contributed by atoms with Crippen LogP contribution in [0.3, 0.4) is 0 Å². The summed E-state index contributed by atoms with van der Waals surface area (Å²) in [5.74, 6) is -0.175. The van der Waals surface area contributed by atoms with E-state index in [4.69, 9.17) is 4.74 Å². The minimum atomic E-state index is -0.932. The van der Waals surface area contributed by atoms with Gasteiger partial charge in [0.25, 0.3) is 5.91 Å². The first kappa shape index (κ1) is 16.0. The average Bonchev–Trinajstić information content (AvgIpc) is 2.99. The summed E-state index contributed by atoms with van der Waals surface area (Å²) in [5, 5.41) is 14.7. The summed E-state index contributed by atoms with van der Waals surface area (Å²) in [4.78, 5) is 15.4. The van der Waals surface area contributed by atoms with Gasteiger partial charge in [0, 0.05) is 42.3 Å². The van der Waals surface area contributed by atoms with E-state index < -0.39 is 5.60 Å². The molecule has 3 N–H and O–H groups in total. The lowest BCUT2D eigenvalue weighted by Crippen LogP contribution is -2.68. The van der Waals surface area contributed by atoms with Crippen LogP contribution in [0.4, 0.5) is 0 Å². The van der Waals surface area contributed by atoms with Gasteiger partial charge in [-0.3, -0.25) is 4.79 Å². The first-order valence-corrected chi connectivity index (χ1v) is 8.07. The molecule has 1 aliphatic carbocycles. The Bertz CT molecular complexity index is 722. The summed E-state index contributed by atoms with van der Waals surface area (Å²) in [6.45, 7) is 6.77. The number of carbonyl (C=O) groups is 1. The minimum absolute atomic E-state index is 0.0321. The molecular formula is C18H24N2O3. The lowest BCUT2D eigenvalue weighted by molar-refractivity contribution is -0.237. The number of hydrogen-bond donors (Lipinski definition) is 3. The van der Waals surface area contributed by atoms with Crippen LogP contribution in [0.5, 0.6) is 0 Å². The number of aromatic amines is 1. The van der Waals surface area contributed by atoms with Crippen LogP contribution in [0.2, 0.25) is 0 Å². The highest BCUT2D eigenvalue weighted by Gasteiger charge is 2.59. The maximum absolute atomic E-state index is 12.3. The zero-order chi connectivity index (χ0) is 16.7. The van der Waals surface area contributed by atoms with Crippen LogP contribution in [-0.4, -0.2) is 40.9 Å². The number of benzene rings is 1. The number of hydrogen-bond acceptors (Lipinski definition) is 3. The Balaban J connectivity index is 1.65. The smallest absolute Gasteiger partial charge is 0.251 e. The number of H-pyrrole nitrogens is 1. The van der Waals surface area contributed by atoms with Crippen molar-refractivity contribution in [1.29, 1.82) is 0 Å². The summed E-state index contributed by atoms with van der Waals surface area (Å²) in [6, 6.07) is 7.49. The second kappa shape index (κ2) is 5.65. The second-order valence-corrected chi connectivity index (χ2v) is 6.86. The van der Waals surface area contributed by atoms with Crippen molar-refractivity contribution in [2.45, 2.75) is 38.9 Å². The van der Waals surface area contributed by atoms with E-state index in [2.05, 4.69) is 10.3 Å². The maximum atomic E-state index is 12.3. The Hall–Kier alpha value is -1.85. The highest BCUT2D eigenvalue weighted by atomic mass is 16.5. The zero-order valence-electron chi connectivity index (χ0n) is 13.8. The number of aromatic nitrogens is 1. The number of ether oxygens (including phenoxy) is 1. The fourth-order valence-electron chi connectivity index (χ4n) is 3.28. The highest BCUT2D eigenvalue weighted by Crippen LogP contribution is 2.50. The molecule has 1 heterocycles. The number of aliphatic hydroxyl groups is 1. The van der Waals surface area contributed by atoms with E-state index in [1.165, 1.54) is 0 Å². The van der Waals surface area contributed by atoms with Gasteiger partial charge in [-0.1, -0.05) is 19.9 Å². The SMILES string of the molecule is CCO[C@H]1C[C@@](O)(CNC(=O)c2ccc3cc[nH]c3c2)C1(C)C. The van der Waals surface area contributed by atoms with Crippen LogP contribution in [0.15, 0.2) is 30.5 Å². The summed E-state index contributed by atoms with van der Waals surface area (Å²) in [5.41, 5.74) is 0.206. The zero-order valence-corrected chi connectivity index (χ0v) is 13.8. The largest absolute Gasteiger partial charge is 0.387 e. The molecule has 0 saturated heterocycles. The molecule has 1 aliphatic rings. The Kier molecular flexibility index (Phi) is 3.94. The second-order valence-electron chi connectivity index (χ2n) is 6.86. The summed E-state index contributed by atoms with van der Waals surface area (Å²) < 4.78 is 5.64. The molecular weight excluding hydrogens is 292 g/mol. The molecule has 1 amide bonds. The fourth-order valence-corrected chi connectivity index (χ4v) is 3.28. The Morgan fingerprint density at radius 3 is 2.91 bits per heavy atom. The van der Waals surface area contributed by atoms with Gasteiger partial charge in [-0.2, -0.15) is 0 Å². The van der Waals surface area contributed by atoms with E-state index in [1.54, 1.807) is 6.07 Å². The lowest BCUT2D eigenvalue weighted by atomic mass is 9.56. The minimum Gasteiger partial charge on any atom is -0.387 e. The van der Waals surface area contributed by atoms with E-state index in [1.807, 2.05) is 45.2 Å². The fraction of sp³-hybridized carbons (Fsp3) is 0.500. The molecule has 1 aromatic carbocycles. The molecule has 0 spiro atoms. The molecule has 1 saturated carbocycles. The third-order valence-electron chi connectivity index (χ3n) is 5.25. The molecule has 5 nitrogen and oxygen atoms in total. The number of nitrogens with one attached hydrogen (secondary N) is 2. The van der Waals surface area contributed by atoms with Crippen molar-refractivity contribution in [2.75, 3.05) is 13.2 Å². The highest BCUT2D eigenvalue weighted by molar-refractivity contribution is 5.97. The molecule has 5 heteroatoms. The number of rotatable bonds is 5. The molecule has 3 rings (SSSR count). The van der Waals surface area contributed by atoms with Crippen molar-refractivity contribution < 1.29 is 14.6 Å². The van der Waals surface area contributed by atoms with Gasteiger partial charge in [-0.05, 0) is 30.5 Å². The quantitative estimate of drug-likeness (QED) is 0.793. The molecule has 1 aromatic heterocycles. The predicted molar refractivity (Wildman–Crippen MR) is 89.4 cm³/mol. The van der Waals surface area contributed by atoms with Gasteiger partial charge in [-0.15, -0.1) is 0 Å². The summed E-state index contributed by atoms with van der Waals surface area (Å²) >= 11 is 0. The van der Waals surface area contributed by atoms with Crippen LogP contribution >= 0.6 is 0 Å². The van der Waals surface area contributed by atoms with Crippen LogP contribution in [0, 0.1) is 5.41 Å². The topological polar surface area (TPSA) is 74.3 Å². The van der Waals surface area contributed by atoms with Crippen molar-refractivity contribution in [3.63, 3.8) is 0 Å². The third kappa shape index (κ3) is 2.64. The van der Waals surface area contributed by atoms with Crippen molar-refractivity contribution in [3.8, 4) is 0 Å². The van der Waals surface area contributed by atoms with E-state index in [9.17, 15) is 9.90 Å². The molecule has 2 aromatic rings. The lowest BCUT2D eigenvalue weighted by Gasteiger charge is -2.57. The normalized spacial score (nSPS) is 26.0. The van der Waals surface area contributed by atoms with Gasteiger partial charge in [-0.25, -0.2) is 0 Å². The Morgan fingerprint density at radius 1 is 1.43 bits per heavy atom. The summed E-state index contributed by atoms with van der Waals surface area (Å²) in [6.07, 6.45) is 2.42. The molecule has 0 bridgehead atoms. The Labute approximate surface area is 136 Å². The van der Waals surface area contributed by atoms with Crippen LogP contribution in [0.25, 0.3) is 10.9 Å². The predicted octanol–water partition coefficient (Wildman–Crippen LogP) is 2.46. The van der Waals surface area contributed by atoms with Gasteiger partial charge in [0.05, 0.1) is 11.7 Å². The van der Waals surface area contributed by atoms with Crippen LogP contribution in [-0.2, 0) is 4.74 Å². The maximum Gasteiger partial charge on any atom is 0.251 e. The molecule has 0 radical (unpaired) electrons. The average molecular weight is 316 g/mol. The molecule has 0 aliphatic heterocycles. The monoisotopic (exact) mass is 316 g/mol. The number of carbonyl (C=O) groups excluding carboxylic acids is 1. The van der Waals surface area contributed by atoms with Gasteiger partial charge in [0.15, 0.2) is 0 Å². The van der Waals surface area contributed by atoms with Crippen molar-refractivity contribution in [1.82, 2.24) is 10.3 Å². The standard InChI is InChI=1S/C18H24N2O3/c1-4-23-15-10-18(22,17(15,2)3)11-20-16(21)13-6-5-12-7-8-19-14(12)9-13/h5-9,15,19,22H,4,10-11H2,1-3H3,(H,20,21)/t15-,18+/m0/s1. The van der Waals surface area contributed by atoms with Crippen molar-refractivity contribution >= 4 is 16.8 Å². The van der Waals surface area contributed by atoms with E-state index >= 15 is 0 Å². The van der Waals surface area contributed by atoms with E-state index in [0.29, 0.717) is 18.6 Å². The number of amides is 1. The van der Waals surface area contributed by atoms with Gasteiger partial charge in [0.1, 0.15) is 0 Å². The van der Waals surface area contributed by atoms with E-state index in [-0.39, 0.29) is 24.0 Å². The first-order valence-electron chi connectivity index (χ1n) is 8.07. The van der Waals surface area contributed by atoms with E-state index in [0.717, 1.165) is 10.9 Å². The molecule has 124 valence electrons. The summed E-state index contributed by atoms with van der Waals surface area (Å²) in [7, 11) is 0. The molecule has 2 atom stereocenters. The molecule has 0 unspecified atom stereocenters. The van der Waals surface area contributed by atoms with Gasteiger partial charge >= 0.3 is 0 Å². The van der Waals surface area contributed by atoms with Crippen LogP contribution in [0.1, 0.15) is 37.6 Å². The van der Waals surface area contributed by atoms with Crippen molar-refractivity contribution in [3.05, 3.63) is 36.0 Å². The Morgan fingerprint density at radius 2 is 2.22 bits per heavy atom.